The van der Waals surface area contributed by atoms with Crippen molar-refractivity contribution >= 4 is 44.7 Å². The molecule has 1 aromatic carbocycles. The van der Waals surface area contributed by atoms with Crippen molar-refractivity contribution in [3.8, 4) is 0 Å². The molecule has 1 aliphatic rings. The summed E-state index contributed by atoms with van der Waals surface area (Å²) in [5.41, 5.74) is 0.872. The Bertz CT molecular complexity index is 1010. The first-order valence-corrected chi connectivity index (χ1v) is 11.6. The zero-order valence-electron chi connectivity index (χ0n) is 15.7. The molecule has 2 heterocycles. The van der Waals surface area contributed by atoms with Crippen LogP contribution >= 0.6 is 11.3 Å². The van der Waals surface area contributed by atoms with Crippen LogP contribution in [0.5, 0.6) is 0 Å². The minimum Gasteiger partial charge on any atom is -0.452 e. The number of benzene rings is 1. The van der Waals surface area contributed by atoms with Gasteiger partial charge in [0, 0.05) is 18.0 Å². The smallest absolute Gasteiger partial charge is 0.340 e. The maximum absolute atomic E-state index is 13.1. The summed E-state index contributed by atoms with van der Waals surface area (Å²) in [4.78, 5) is 27.0. The molecule has 9 heteroatoms. The van der Waals surface area contributed by atoms with Gasteiger partial charge in [0.25, 0.3) is 5.91 Å². The van der Waals surface area contributed by atoms with Crippen molar-refractivity contribution in [2.24, 2.45) is 0 Å². The minimum absolute atomic E-state index is 0.0536. The van der Waals surface area contributed by atoms with Gasteiger partial charge in [-0.1, -0.05) is 18.2 Å². The van der Waals surface area contributed by atoms with Gasteiger partial charge in [-0.2, -0.15) is 0 Å². The van der Waals surface area contributed by atoms with Gasteiger partial charge in [-0.25, -0.2) is 17.6 Å². The van der Waals surface area contributed by atoms with Gasteiger partial charge in [-0.05, 0) is 41.6 Å². The normalized spacial score (nSPS) is 18.4. The number of carbonyl (C=O) groups is 2. The van der Waals surface area contributed by atoms with Crippen LogP contribution in [0.2, 0.25) is 0 Å². The average molecular weight is 438 g/mol. The third-order valence-electron chi connectivity index (χ3n) is 4.66. The lowest BCUT2D eigenvalue weighted by Gasteiger charge is -2.23. The fraction of sp³-hybridized carbons (Fsp3) is 0.300. The Morgan fingerprint density at radius 1 is 1.28 bits per heavy atom. The van der Waals surface area contributed by atoms with Gasteiger partial charge in [0.15, 0.2) is 16.4 Å². The van der Waals surface area contributed by atoms with Crippen LogP contribution in [0.1, 0.15) is 16.9 Å². The van der Waals surface area contributed by atoms with Gasteiger partial charge < -0.3 is 9.64 Å². The molecule has 3 rings (SSSR count). The van der Waals surface area contributed by atoms with Crippen molar-refractivity contribution in [2.75, 3.05) is 25.2 Å². The minimum atomic E-state index is -3.12. The maximum atomic E-state index is 13.1. The fourth-order valence-corrected chi connectivity index (χ4v) is 5.48. The second-order valence-electron chi connectivity index (χ2n) is 6.72. The van der Waals surface area contributed by atoms with E-state index in [9.17, 15) is 22.4 Å². The molecular weight excluding hydrogens is 417 g/mol. The quantitative estimate of drug-likeness (QED) is 0.513. The highest BCUT2D eigenvalue weighted by Gasteiger charge is 2.33. The van der Waals surface area contributed by atoms with E-state index >= 15 is 0 Å². The Morgan fingerprint density at radius 2 is 2.00 bits per heavy atom. The number of carbonyl (C=O) groups excluding carboxylic acids is 2. The Balaban J connectivity index is 1.69. The van der Waals surface area contributed by atoms with Crippen LogP contribution in [0.25, 0.3) is 11.6 Å². The number of hydrogen-bond acceptors (Lipinski definition) is 6. The van der Waals surface area contributed by atoms with Crippen molar-refractivity contribution in [3.63, 3.8) is 0 Å². The number of amides is 1. The summed E-state index contributed by atoms with van der Waals surface area (Å²) in [6.07, 6.45) is 1.95. The molecule has 0 aliphatic carbocycles. The fourth-order valence-electron chi connectivity index (χ4n) is 2.98. The van der Waals surface area contributed by atoms with Crippen molar-refractivity contribution in [1.82, 2.24) is 4.90 Å². The average Bonchev–Trinajstić information content (AvgIpc) is 3.34. The molecule has 1 aromatic heterocycles. The maximum Gasteiger partial charge on any atom is 0.340 e. The van der Waals surface area contributed by atoms with E-state index in [0.29, 0.717) is 16.9 Å². The monoisotopic (exact) mass is 437 g/mol. The third-order valence-corrected chi connectivity index (χ3v) is 7.32. The second kappa shape index (κ2) is 8.87. The molecule has 2 aromatic rings. The van der Waals surface area contributed by atoms with Crippen LogP contribution in [-0.2, 0) is 24.2 Å². The lowest BCUT2D eigenvalue weighted by molar-refractivity contribution is -0.147. The number of likely N-dealkylation sites (N-methyl/N-ethyl adjacent to an activating group) is 1. The molecule has 0 saturated carbocycles. The lowest BCUT2D eigenvalue weighted by Crippen LogP contribution is -2.40. The van der Waals surface area contributed by atoms with E-state index < -0.39 is 34.4 Å². The molecule has 0 N–H and O–H groups in total. The molecule has 0 bridgehead atoms. The van der Waals surface area contributed by atoms with Crippen LogP contribution in [0.15, 0.2) is 41.8 Å². The topological polar surface area (TPSA) is 80.8 Å². The lowest BCUT2D eigenvalue weighted by atomic mass is 10.1. The van der Waals surface area contributed by atoms with Crippen molar-refractivity contribution < 1.29 is 27.1 Å². The predicted octanol–water partition coefficient (Wildman–Crippen LogP) is 2.62. The zero-order valence-corrected chi connectivity index (χ0v) is 17.3. The van der Waals surface area contributed by atoms with Crippen LogP contribution in [0, 0.1) is 5.82 Å². The van der Waals surface area contributed by atoms with Crippen LogP contribution in [0.4, 0.5) is 4.39 Å². The van der Waals surface area contributed by atoms with Gasteiger partial charge in [0.05, 0.1) is 17.1 Å². The van der Waals surface area contributed by atoms with Gasteiger partial charge in [-0.3, -0.25) is 4.79 Å². The highest BCUT2D eigenvalue weighted by Crippen LogP contribution is 2.24. The predicted molar refractivity (Wildman–Crippen MR) is 109 cm³/mol. The second-order valence-corrected chi connectivity index (χ2v) is 9.90. The van der Waals surface area contributed by atoms with E-state index in [1.165, 1.54) is 47.5 Å². The Morgan fingerprint density at radius 3 is 2.59 bits per heavy atom. The molecule has 1 aliphatic heterocycles. The molecule has 29 heavy (non-hydrogen) atoms. The highest BCUT2D eigenvalue weighted by molar-refractivity contribution is 7.91. The van der Waals surface area contributed by atoms with Crippen molar-refractivity contribution in [2.45, 2.75) is 12.5 Å². The van der Waals surface area contributed by atoms with E-state index in [1.807, 2.05) is 0 Å². The molecule has 1 unspecified atom stereocenters. The Hall–Kier alpha value is -2.52. The Kier molecular flexibility index (Phi) is 6.49. The number of hydrogen-bond donors (Lipinski definition) is 0. The van der Waals surface area contributed by atoms with E-state index in [-0.39, 0.29) is 22.9 Å². The standard InChI is InChI=1S/C20H20FNO5S2/c1-22(16-8-10-29(25,26)13-16)19(23)12-27-20(24)17(18-3-2-9-28-18)11-14-4-6-15(21)7-5-14/h2-7,9,11,16H,8,10,12-13H2,1H3. The van der Waals surface area contributed by atoms with E-state index in [4.69, 9.17) is 4.74 Å². The third kappa shape index (κ3) is 5.51. The van der Waals surface area contributed by atoms with Gasteiger partial charge in [0.2, 0.25) is 0 Å². The number of sulfone groups is 1. The summed E-state index contributed by atoms with van der Waals surface area (Å²) in [6, 6.07) is 8.78. The summed E-state index contributed by atoms with van der Waals surface area (Å²) in [6.45, 7) is -0.488. The summed E-state index contributed by atoms with van der Waals surface area (Å²) in [5.74, 6) is -1.55. The summed E-state index contributed by atoms with van der Waals surface area (Å²) in [7, 11) is -1.61. The first-order chi connectivity index (χ1) is 13.7. The summed E-state index contributed by atoms with van der Waals surface area (Å²) >= 11 is 1.34. The first-order valence-electron chi connectivity index (χ1n) is 8.89. The number of halogens is 1. The number of nitrogens with zero attached hydrogens (tertiary/aromatic N) is 1. The number of esters is 1. The molecule has 1 saturated heterocycles. The molecule has 154 valence electrons. The van der Waals surface area contributed by atoms with Gasteiger partial charge in [0.1, 0.15) is 5.82 Å². The summed E-state index contributed by atoms with van der Waals surface area (Å²) in [5, 5.41) is 1.81. The molecule has 6 nitrogen and oxygen atoms in total. The molecule has 0 spiro atoms. The van der Waals surface area contributed by atoms with E-state index in [1.54, 1.807) is 23.6 Å². The van der Waals surface area contributed by atoms with E-state index in [0.717, 1.165) is 0 Å². The van der Waals surface area contributed by atoms with Crippen LogP contribution in [-0.4, -0.2) is 56.4 Å². The van der Waals surface area contributed by atoms with Crippen molar-refractivity contribution in [1.29, 1.82) is 0 Å². The Labute approximate surface area is 172 Å². The molecule has 1 amide bonds. The highest BCUT2D eigenvalue weighted by atomic mass is 32.2. The van der Waals surface area contributed by atoms with Crippen LogP contribution in [0.3, 0.4) is 0 Å². The molecule has 1 atom stereocenters. The van der Waals surface area contributed by atoms with E-state index in [2.05, 4.69) is 0 Å². The van der Waals surface area contributed by atoms with Crippen LogP contribution < -0.4 is 0 Å². The molecular formula is C20H20FNO5S2. The SMILES string of the molecule is CN(C(=O)COC(=O)C(=Cc1ccc(F)cc1)c1cccs1)C1CCS(=O)(=O)C1. The number of ether oxygens (including phenoxy) is 1. The van der Waals surface area contributed by atoms with Crippen molar-refractivity contribution in [3.05, 3.63) is 58.0 Å². The van der Waals surface area contributed by atoms with Gasteiger partial charge in [-0.15, -0.1) is 11.3 Å². The number of rotatable bonds is 6. The largest absolute Gasteiger partial charge is 0.452 e. The molecule has 1 fully saturated rings. The van der Waals surface area contributed by atoms with Gasteiger partial charge >= 0.3 is 5.97 Å². The summed E-state index contributed by atoms with van der Waals surface area (Å²) < 4.78 is 41.5. The first kappa shape index (κ1) is 21.2. The number of thiophene rings is 1. The molecule has 0 radical (unpaired) electrons. The zero-order chi connectivity index (χ0) is 21.0.